The predicted octanol–water partition coefficient (Wildman–Crippen LogP) is 2.96. The van der Waals surface area contributed by atoms with Gasteiger partial charge in [-0.25, -0.2) is 0 Å². The number of aliphatic hydroxyl groups is 1. The first kappa shape index (κ1) is 20.4. The standard InChI is InChI=1S/C19H31N3O4/c1-4-8-14(20-19(25)17(23)12(2)3)18(24)21-16-11-15(22-26-16)13-9-6-5-7-10-13/h11-14,17,23H,4-10H2,1-3H3,(H,20,25)(H,21,24). The minimum Gasteiger partial charge on any atom is -0.383 e. The summed E-state index contributed by atoms with van der Waals surface area (Å²) in [6.45, 7) is 5.43. The van der Waals surface area contributed by atoms with Gasteiger partial charge in [0.05, 0.1) is 5.69 Å². The summed E-state index contributed by atoms with van der Waals surface area (Å²) < 4.78 is 5.26. The van der Waals surface area contributed by atoms with Gasteiger partial charge in [0.2, 0.25) is 17.7 Å². The Morgan fingerprint density at radius 3 is 2.58 bits per heavy atom. The second-order valence-corrected chi connectivity index (χ2v) is 7.48. The number of amides is 2. The maximum Gasteiger partial charge on any atom is 0.249 e. The lowest BCUT2D eigenvalue weighted by Crippen LogP contribution is -2.48. The van der Waals surface area contributed by atoms with Crippen LogP contribution in [-0.4, -0.2) is 34.2 Å². The van der Waals surface area contributed by atoms with Crippen LogP contribution in [0.25, 0.3) is 0 Å². The smallest absolute Gasteiger partial charge is 0.249 e. The molecule has 0 bridgehead atoms. The molecule has 0 aromatic carbocycles. The molecule has 3 N–H and O–H groups in total. The van der Waals surface area contributed by atoms with E-state index in [0.29, 0.717) is 18.2 Å². The highest BCUT2D eigenvalue weighted by Gasteiger charge is 2.26. The average Bonchev–Trinajstić information content (AvgIpc) is 3.09. The van der Waals surface area contributed by atoms with E-state index in [9.17, 15) is 14.7 Å². The van der Waals surface area contributed by atoms with E-state index in [1.165, 1.54) is 19.3 Å². The van der Waals surface area contributed by atoms with E-state index >= 15 is 0 Å². The molecular weight excluding hydrogens is 334 g/mol. The Morgan fingerprint density at radius 1 is 1.27 bits per heavy atom. The third-order valence-corrected chi connectivity index (χ3v) is 4.91. The van der Waals surface area contributed by atoms with E-state index < -0.39 is 18.1 Å². The zero-order valence-electron chi connectivity index (χ0n) is 16.0. The van der Waals surface area contributed by atoms with E-state index in [1.54, 1.807) is 19.9 Å². The molecule has 26 heavy (non-hydrogen) atoms. The van der Waals surface area contributed by atoms with Crippen LogP contribution in [0.5, 0.6) is 0 Å². The number of hydrogen-bond acceptors (Lipinski definition) is 5. The van der Waals surface area contributed by atoms with Crippen LogP contribution in [0, 0.1) is 5.92 Å². The Bertz CT molecular complexity index is 593. The average molecular weight is 365 g/mol. The monoisotopic (exact) mass is 365 g/mol. The number of anilines is 1. The molecule has 7 nitrogen and oxygen atoms in total. The Morgan fingerprint density at radius 2 is 1.96 bits per heavy atom. The van der Waals surface area contributed by atoms with Crippen molar-refractivity contribution >= 4 is 17.7 Å². The fourth-order valence-corrected chi connectivity index (χ4v) is 3.26. The molecule has 0 saturated heterocycles. The molecule has 0 aliphatic heterocycles. The minimum atomic E-state index is -1.13. The molecule has 0 radical (unpaired) electrons. The van der Waals surface area contributed by atoms with Gasteiger partial charge in [-0.05, 0) is 25.2 Å². The van der Waals surface area contributed by atoms with Crippen molar-refractivity contribution in [3.63, 3.8) is 0 Å². The first-order valence-electron chi connectivity index (χ1n) is 9.68. The molecule has 7 heteroatoms. The van der Waals surface area contributed by atoms with Crippen molar-refractivity contribution < 1.29 is 19.2 Å². The molecule has 1 fully saturated rings. The Balaban J connectivity index is 1.96. The third-order valence-electron chi connectivity index (χ3n) is 4.91. The molecule has 1 aromatic rings. The second-order valence-electron chi connectivity index (χ2n) is 7.48. The lowest BCUT2D eigenvalue weighted by Gasteiger charge is -2.20. The van der Waals surface area contributed by atoms with E-state index in [-0.39, 0.29) is 11.8 Å². The van der Waals surface area contributed by atoms with E-state index in [2.05, 4.69) is 15.8 Å². The summed E-state index contributed by atoms with van der Waals surface area (Å²) in [5, 5.41) is 19.3. The zero-order chi connectivity index (χ0) is 19.1. The molecule has 1 aromatic heterocycles. The molecule has 1 aliphatic rings. The van der Waals surface area contributed by atoms with Crippen LogP contribution in [0.3, 0.4) is 0 Å². The molecule has 2 rings (SSSR count). The summed E-state index contributed by atoms with van der Waals surface area (Å²) in [5.41, 5.74) is 0.881. The van der Waals surface area contributed by atoms with Gasteiger partial charge in [0.25, 0.3) is 0 Å². The highest BCUT2D eigenvalue weighted by atomic mass is 16.5. The van der Waals surface area contributed by atoms with Gasteiger partial charge in [-0.15, -0.1) is 0 Å². The first-order valence-corrected chi connectivity index (χ1v) is 9.68. The molecule has 1 heterocycles. The predicted molar refractivity (Wildman–Crippen MR) is 98.6 cm³/mol. The normalized spacial score (nSPS) is 17.7. The molecule has 2 amide bonds. The number of carbonyl (C=O) groups excluding carboxylic acids is 2. The van der Waals surface area contributed by atoms with Crippen LogP contribution in [-0.2, 0) is 9.59 Å². The number of rotatable bonds is 8. The Hall–Kier alpha value is -1.89. The molecule has 1 aliphatic carbocycles. The molecule has 2 atom stereocenters. The number of aliphatic hydroxyl groups excluding tert-OH is 1. The van der Waals surface area contributed by atoms with Crippen molar-refractivity contribution in [1.82, 2.24) is 10.5 Å². The topological polar surface area (TPSA) is 104 Å². The van der Waals surface area contributed by atoms with Crippen LogP contribution in [0.4, 0.5) is 5.88 Å². The molecule has 0 spiro atoms. The zero-order valence-corrected chi connectivity index (χ0v) is 16.0. The largest absolute Gasteiger partial charge is 0.383 e. The summed E-state index contributed by atoms with van der Waals surface area (Å²) in [7, 11) is 0. The quantitative estimate of drug-likeness (QED) is 0.657. The summed E-state index contributed by atoms with van der Waals surface area (Å²) in [4.78, 5) is 24.6. The second kappa shape index (κ2) is 9.71. The number of aromatic nitrogens is 1. The van der Waals surface area contributed by atoms with Gasteiger partial charge in [-0.3, -0.25) is 14.9 Å². The lowest BCUT2D eigenvalue weighted by molar-refractivity contribution is -0.134. The van der Waals surface area contributed by atoms with Crippen LogP contribution >= 0.6 is 0 Å². The number of carbonyl (C=O) groups is 2. The van der Waals surface area contributed by atoms with Crippen molar-refractivity contribution in [3.05, 3.63) is 11.8 Å². The maximum atomic E-state index is 12.5. The van der Waals surface area contributed by atoms with Gasteiger partial charge in [0.1, 0.15) is 12.1 Å². The molecule has 146 valence electrons. The minimum absolute atomic E-state index is 0.215. The maximum absolute atomic E-state index is 12.5. The third kappa shape index (κ3) is 5.56. The highest BCUT2D eigenvalue weighted by molar-refractivity contribution is 5.96. The number of nitrogens with zero attached hydrogens (tertiary/aromatic N) is 1. The Labute approximate surface area is 154 Å². The summed E-state index contributed by atoms with van der Waals surface area (Å²) >= 11 is 0. The fraction of sp³-hybridized carbons (Fsp3) is 0.737. The van der Waals surface area contributed by atoms with Gasteiger partial charge in [-0.2, -0.15) is 0 Å². The van der Waals surface area contributed by atoms with Gasteiger partial charge >= 0.3 is 0 Å². The van der Waals surface area contributed by atoms with Crippen molar-refractivity contribution in [3.8, 4) is 0 Å². The van der Waals surface area contributed by atoms with E-state index in [4.69, 9.17) is 4.52 Å². The molecular formula is C19H31N3O4. The van der Waals surface area contributed by atoms with E-state index in [1.807, 2.05) is 6.92 Å². The van der Waals surface area contributed by atoms with Crippen LogP contribution in [0.2, 0.25) is 0 Å². The first-order chi connectivity index (χ1) is 12.4. The van der Waals surface area contributed by atoms with Crippen molar-refractivity contribution in [2.75, 3.05) is 5.32 Å². The van der Waals surface area contributed by atoms with Gasteiger partial charge < -0.3 is 14.9 Å². The van der Waals surface area contributed by atoms with Crippen molar-refractivity contribution in [1.29, 1.82) is 0 Å². The van der Waals surface area contributed by atoms with Crippen molar-refractivity contribution in [2.45, 2.75) is 83.8 Å². The van der Waals surface area contributed by atoms with Crippen LogP contribution < -0.4 is 10.6 Å². The Kier molecular flexibility index (Phi) is 7.63. The fourth-order valence-electron chi connectivity index (χ4n) is 3.26. The number of hydrogen-bond donors (Lipinski definition) is 3. The molecule has 1 saturated carbocycles. The van der Waals surface area contributed by atoms with Crippen molar-refractivity contribution in [2.24, 2.45) is 5.92 Å². The number of nitrogens with one attached hydrogen (secondary N) is 2. The molecule has 2 unspecified atom stereocenters. The summed E-state index contributed by atoms with van der Waals surface area (Å²) in [5.74, 6) is -0.412. The van der Waals surface area contributed by atoms with Gasteiger partial charge in [0, 0.05) is 12.0 Å². The summed E-state index contributed by atoms with van der Waals surface area (Å²) in [6, 6.07) is 1.06. The van der Waals surface area contributed by atoms with E-state index in [0.717, 1.165) is 25.0 Å². The van der Waals surface area contributed by atoms with Crippen LogP contribution in [0.1, 0.15) is 77.3 Å². The SMILES string of the molecule is CCCC(NC(=O)C(O)C(C)C)C(=O)Nc1cc(C2CCCCC2)no1. The highest BCUT2D eigenvalue weighted by Crippen LogP contribution is 2.32. The van der Waals surface area contributed by atoms with Gasteiger partial charge in [-0.1, -0.05) is 51.6 Å². The van der Waals surface area contributed by atoms with Gasteiger partial charge in [0.15, 0.2) is 0 Å². The van der Waals surface area contributed by atoms with Crippen LogP contribution in [0.15, 0.2) is 10.6 Å². The summed E-state index contributed by atoms with van der Waals surface area (Å²) in [6.07, 6.45) is 5.92. The lowest BCUT2D eigenvalue weighted by atomic mass is 9.87.